The maximum Gasteiger partial charge on any atom is 0.141 e. The summed E-state index contributed by atoms with van der Waals surface area (Å²) < 4.78 is -0.909. The fourth-order valence-corrected chi connectivity index (χ4v) is 1.16. The molecule has 0 heterocycles. The van der Waals surface area contributed by atoms with E-state index in [4.69, 9.17) is 28.3 Å². The van der Waals surface area contributed by atoms with Crippen LogP contribution < -0.4 is 0 Å². The van der Waals surface area contributed by atoms with Gasteiger partial charge in [0.05, 0.1) is 6.61 Å². The van der Waals surface area contributed by atoms with Gasteiger partial charge in [-0.1, -0.05) is 55.8 Å². The third-order valence-corrected chi connectivity index (χ3v) is 2.24. The van der Waals surface area contributed by atoms with E-state index in [0.29, 0.717) is 6.42 Å². The third-order valence-electron chi connectivity index (χ3n) is 1.63. The first kappa shape index (κ1) is 11.5. The number of halogens is 2. The van der Waals surface area contributed by atoms with Gasteiger partial charge in [0.25, 0.3) is 0 Å². The molecule has 0 fully saturated rings. The number of aliphatic hydroxyl groups is 1. The maximum absolute atomic E-state index is 8.69. The molecule has 0 aliphatic heterocycles. The predicted molar refractivity (Wildman–Crippen MR) is 50.3 cm³/mol. The summed E-state index contributed by atoms with van der Waals surface area (Å²) in [4.78, 5) is 0. The molecule has 3 heteroatoms. The lowest BCUT2D eigenvalue weighted by Gasteiger charge is -2.15. The molecule has 0 saturated carbocycles. The van der Waals surface area contributed by atoms with Crippen LogP contribution in [0, 0.1) is 0 Å². The molecule has 0 unspecified atom stereocenters. The maximum atomic E-state index is 8.69. The zero-order valence-electron chi connectivity index (χ0n) is 6.95. The topological polar surface area (TPSA) is 20.2 Å². The van der Waals surface area contributed by atoms with Gasteiger partial charge in [-0.2, -0.15) is 0 Å². The minimum atomic E-state index is -0.909. The molecule has 0 amide bonds. The summed E-state index contributed by atoms with van der Waals surface area (Å²) >= 11 is 11.4. The number of aliphatic hydroxyl groups excluding tert-OH is 1. The number of rotatable bonds is 6. The van der Waals surface area contributed by atoms with Gasteiger partial charge >= 0.3 is 0 Å². The molecule has 0 spiro atoms. The molecule has 0 aromatic rings. The largest absolute Gasteiger partial charge is 0.393 e. The van der Waals surface area contributed by atoms with Crippen LogP contribution in [0.1, 0.15) is 39.0 Å². The summed E-state index contributed by atoms with van der Waals surface area (Å²) in [6, 6.07) is 0. The first-order valence-electron chi connectivity index (χ1n) is 4.11. The average Bonchev–Trinajstić information content (AvgIpc) is 1.99. The predicted octanol–water partition coefficient (Wildman–Crippen LogP) is 3.12. The first-order chi connectivity index (χ1) is 5.12. The van der Waals surface area contributed by atoms with E-state index in [2.05, 4.69) is 6.92 Å². The Bertz CT molecular complexity index is 94.1. The molecule has 0 aliphatic rings. The quantitative estimate of drug-likeness (QED) is 0.514. The van der Waals surface area contributed by atoms with Crippen molar-refractivity contribution in [3.05, 3.63) is 0 Å². The summed E-state index contributed by atoms with van der Waals surface area (Å²) in [5.41, 5.74) is 0. The smallest absolute Gasteiger partial charge is 0.141 e. The molecule has 68 valence electrons. The standard InChI is InChI=1S/C8H16Cl2O/c1-2-3-4-5-6-8(9,10)7-11/h11H,2-7H2,1H3. The zero-order valence-corrected chi connectivity index (χ0v) is 8.46. The van der Waals surface area contributed by atoms with E-state index >= 15 is 0 Å². The minimum absolute atomic E-state index is 0.151. The monoisotopic (exact) mass is 198 g/mol. The van der Waals surface area contributed by atoms with Crippen LogP contribution in [0.2, 0.25) is 0 Å². The molecule has 0 bridgehead atoms. The van der Waals surface area contributed by atoms with Gasteiger partial charge in [0.2, 0.25) is 0 Å². The van der Waals surface area contributed by atoms with Gasteiger partial charge in [0.15, 0.2) is 0 Å². The van der Waals surface area contributed by atoms with Crippen molar-refractivity contribution in [1.82, 2.24) is 0 Å². The van der Waals surface area contributed by atoms with Gasteiger partial charge in [0, 0.05) is 0 Å². The molecule has 11 heavy (non-hydrogen) atoms. The lowest BCUT2D eigenvalue weighted by molar-refractivity contribution is 0.271. The van der Waals surface area contributed by atoms with Crippen LogP contribution in [0.25, 0.3) is 0 Å². The van der Waals surface area contributed by atoms with Crippen LogP contribution in [-0.4, -0.2) is 16.0 Å². The molecule has 0 saturated heterocycles. The number of hydrogen-bond donors (Lipinski definition) is 1. The van der Waals surface area contributed by atoms with Crippen molar-refractivity contribution in [1.29, 1.82) is 0 Å². The normalized spacial score (nSPS) is 12.0. The summed E-state index contributed by atoms with van der Waals surface area (Å²) in [5, 5.41) is 8.69. The van der Waals surface area contributed by atoms with Crippen molar-refractivity contribution < 1.29 is 5.11 Å². The van der Waals surface area contributed by atoms with Crippen LogP contribution in [0.5, 0.6) is 0 Å². The molecular weight excluding hydrogens is 183 g/mol. The van der Waals surface area contributed by atoms with Gasteiger partial charge in [-0.25, -0.2) is 0 Å². The van der Waals surface area contributed by atoms with Gasteiger partial charge in [-0.3, -0.25) is 0 Å². The molecule has 0 rings (SSSR count). The van der Waals surface area contributed by atoms with Crippen molar-refractivity contribution in [3.8, 4) is 0 Å². The van der Waals surface area contributed by atoms with Crippen molar-refractivity contribution in [3.63, 3.8) is 0 Å². The van der Waals surface area contributed by atoms with Gasteiger partial charge in [0.1, 0.15) is 4.33 Å². The first-order valence-corrected chi connectivity index (χ1v) is 4.86. The number of alkyl halides is 2. The molecule has 1 nitrogen and oxygen atoms in total. The SMILES string of the molecule is CCCCCCC(Cl)(Cl)CO. The highest BCUT2D eigenvalue weighted by Crippen LogP contribution is 2.26. The number of unbranched alkanes of at least 4 members (excludes halogenated alkanes) is 3. The van der Waals surface area contributed by atoms with Gasteiger partial charge < -0.3 is 5.11 Å². The van der Waals surface area contributed by atoms with E-state index in [9.17, 15) is 0 Å². The van der Waals surface area contributed by atoms with E-state index in [1.165, 1.54) is 12.8 Å². The summed E-state index contributed by atoms with van der Waals surface area (Å²) in [5.74, 6) is 0. The lowest BCUT2D eigenvalue weighted by Crippen LogP contribution is -2.17. The third kappa shape index (κ3) is 6.92. The Hall–Kier alpha value is 0.540. The Kier molecular flexibility index (Phi) is 6.40. The van der Waals surface area contributed by atoms with Crippen LogP contribution in [0.4, 0.5) is 0 Å². The van der Waals surface area contributed by atoms with Gasteiger partial charge in [-0.05, 0) is 6.42 Å². The van der Waals surface area contributed by atoms with Crippen molar-refractivity contribution in [2.45, 2.75) is 43.4 Å². The van der Waals surface area contributed by atoms with Crippen LogP contribution in [-0.2, 0) is 0 Å². The Morgan fingerprint density at radius 1 is 1.18 bits per heavy atom. The van der Waals surface area contributed by atoms with E-state index in [1.54, 1.807) is 0 Å². The van der Waals surface area contributed by atoms with Crippen LogP contribution in [0.15, 0.2) is 0 Å². The molecular formula is C8H16Cl2O. The molecule has 0 radical (unpaired) electrons. The fourth-order valence-electron chi connectivity index (χ4n) is 0.889. The molecule has 0 aromatic carbocycles. The highest BCUT2D eigenvalue weighted by molar-refractivity contribution is 6.48. The molecule has 0 atom stereocenters. The van der Waals surface area contributed by atoms with E-state index in [1.807, 2.05) is 0 Å². The summed E-state index contributed by atoms with van der Waals surface area (Å²) in [7, 11) is 0. The fraction of sp³-hybridized carbons (Fsp3) is 1.00. The van der Waals surface area contributed by atoms with Crippen molar-refractivity contribution in [2.75, 3.05) is 6.61 Å². The van der Waals surface area contributed by atoms with Crippen LogP contribution >= 0.6 is 23.2 Å². The van der Waals surface area contributed by atoms with Crippen LogP contribution in [0.3, 0.4) is 0 Å². The van der Waals surface area contributed by atoms with E-state index in [0.717, 1.165) is 12.8 Å². The lowest BCUT2D eigenvalue weighted by atomic mass is 10.1. The zero-order chi connectivity index (χ0) is 8.74. The van der Waals surface area contributed by atoms with Crippen molar-refractivity contribution >= 4 is 23.2 Å². The highest BCUT2D eigenvalue weighted by Gasteiger charge is 2.21. The summed E-state index contributed by atoms with van der Waals surface area (Å²) in [6.07, 6.45) is 5.26. The van der Waals surface area contributed by atoms with E-state index < -0.39 is 4.33 Å². The average molecular weight is 199 g/mol. The Balaban J connectivity index is 3.23. The summed E-state index contributed by atoms with van der Waals surface area (Å²) in [6.45, 7) is 2.00. The minimum Gasteiger partial charge on any atom is -0.393 e. The Morgan fingerprint density at radius 2 is 1.82 bits per heavy atom. The second-order valence-electron chi connectivity index (χ2n) is 2.82. The second-order valence-corrected chi connectivity index (χ2v) is 4.47. The Morgan fingerprint density at radius 3 is 2.27 bits per heavy atom. The molecule has 0 aromatic heterocycles. The molecule has 0 aliphatic carbocycles. The molecule has 1 N–H and O–H groups in total. The Labute approximate surface area is 78.7 Å². The van der Waals surface area contributed by atoms with E-state index in [-0.39, 0.29) is 6.61 Å². The second kappa shape index (κ2) is 6.10. The van der Waals surface area contributed by atoms with Gasteiger partial charge in [-0.15, -0.1) is 0 Å². The van der Waals surface area contributed by atoms with Crippen molar-refractivity contribution in [2.24, 2.45) is 0 Å². The number of hydrogen-bond acceptors (Lipinski definition) is 1. The highest BCUT2D eigenvalue weighted by atomic mass is 35.5.